The van der Waals surface area contributed by atoms with Crippen molar-refractivity contribution >= 4 is 17.3 Å². The predicted octanol–water partition coefficient (Wildman–Crippen LogP) is 7.44. The predicted molar refractivity (Wildman–Crippen MR) is 138 cm³/mol. The lowest BCUT2D eigenvalue weighted by molar-refractivity contribution is -0.115. The fourth-order valence-electron chi connectivity index (χ4n) is 3.38. The van der Waals surface area contributed by atoms with Crippen molar-refractivity contribution in [2.24, 2.45) is 0 Å². The number of halogens is 2. The first-order chi connectivity index (χ1) is 16.9. The monoisotopic (exact) mass is 478 g/mol. The van der Waals surface area contributed by atoms with Gasteiger partial charge in [0.15, 0.2) is 0 Å². The van der Waals surface area contributed by atoms with Crippen LogP contribution in [0, 0.1) is 0 Å². The highest BCUT2D eigenvalue weighted by atomic mass is 19.3. The summed E-state index contributed by atoms with van der Waals surface area (Å²) in [6.07, 6.45) is 8.25. The van der Waals surface area contributed by atoms with Gasteiger partial charge < -0.3 is 5.32 Å². The molecule has 0 aliphatic carbocycles. The first-order valence-corrected chi connectivity index (χ1v) is 11.7. The summed E-state index contributed by atoms with van der Waals surface area (Å²) in [5.41, 5.74) is 4.14. The number of nitrogens with one attached hydrogen (secondary N) is 1. The number of carbonyl (C=O) groups is 1. The van der Waals surface area contributed by atoms with Gasteiger partial charge in [-0.15, -0.1) is 0 Å². The van der Waals surface area contributed by atoms with E-state index < -0.39 is 6.43 Å². The lowest BCUT2D eigenvalue weighted by atomic mass is 9.94. The van der Waals surface area contributed by atoms with Gasteiger partial charge in [-0.3, -0.25) is 14.8 Å². The summed E-state index contributed by atoms with van der Waals surface area (Å²) in [7, 11) is 0. The second-order valence-electron chi connectivity index (χ2n) is 7.76. The van der Waals surface area contributed by atoms with Crippen LogP contribution in [-0.2, 0) is 11.2 Å². The molecule has 0 spiro atoms. The van der Waals surface area contributed by atoms with Gasteiger partial charge in [-0.1, -0.05) is 50.6 Å². The van der Waals surface area contributed by atoms with Crippen LogP contribution in [-0.4, -0.2) is 20.9 Å². The molecule has 0 saturated heterocycles. The van der Waals surface area contributed by atoms with Crippen molar-refractivity contribution in [3.05, 3.63) is 89.5 Å². The number of amides is 1. The van der Waals surface area contributed by atoms with E-state index in [1.165, 1.54) is 6.07 Å². The summed E-state index contributed by atoms with van der Waals surface area (Å²) >= 11 is 0. The number of aromatic nitrogens is 3. The van der Waals surface area contributed by atoms with Gasteiger partial charge >= 0.3 is 0 Å². The van der Waals surface area contributed by atoms with Crippen molar-refractivity contribution in [1.29, 1.82) is 0 Å². The Balaban J connectivity index is 0.00000210. The molecule has 0 fully saturated rings. The van der Waals surface area contributed by atoms with Gasteiger partial charge in [0.2, 0.25) is 5.91 Å². The molecular weight excluding hydrogens is 446 g/mol. The third-order valence-electron chi connectivity index (χ3n) is 4.78. The normalized spacial score (nSPS) is 10.9. The van der Waals surface area contributed by atoms with Crippen LogP contribution in [0.2, 0.25) is 0 Å². The van der Waals surface area contributed by atoms with Crippen LogP contribution < -0.4 is 5.32 Å². The molecule has 0 aliphatic heterocycles. The number of pyridine rings is 1. The topological polar surface area (TPSA) is 67.8 Å². The lowest BCUT2D eigenvalue weighted by Gasteiger charge is -2.13. The molecule has 3 rings (SSSR count). The standard InChI is InChI=1S/C26H26F2N4O.C2H6/c1-4-5-19(12-17(2)3)21-8-6-18(13-22(21)26(27)28)14-25(33)32-24-9-7-20(15-31-24)23-16-29-10-11-30-23;1-2/h5-13,15-16,26H,4,14H2,1-3H3,(H,31,32,33);1-2H3/b19-5+;. The number of rotatable bonds is 8. The first-order valence-electron chi connectivity index (χ1n) is 11.7. The van der Waals surface area contributed by atoms with Crippen LogP contribution in [0.15, 0.2) is 72.8 Å². The average Bonchev–Trinajstić information content (AvgIpc) is 2.85. The molecule has 0 radical (unpaired) electrons. The van der Waals surface area contributed by atoms with Crippen LogP contribution in [0.3, 0.4) is 0 Å². The Hall–Kier alpha value is -3.74. The molecule has 5 nitrogen and oxygen atoms in total. The van der Waals surface area contributed by atoms with Crippen molar-refractivity contribution < 1.29 is 13.6 Å². The molecule has 0 atom stereocenters. The largest absolute Gasteiger partial charge is 0.310 e. The van der Waals surface area contributed by atoms with Gasteiger partial charge in [0.05, 0.1) is 18.3 Å². The molecule has 0 aliphatic rings. The molecule has 0 saturated carbocycles. The summed E-state index contributed by atoms with van der Waals surface area (Å²) in [5, 5.41) is 2.71. The third kappa shape index (κ3) is 8.21. The Morgan fingerprint density at radius 3 is 2.40 bits per heavy atom. The van der Waals surface area contributed by atoms with E-state index in [0.29, 0.717) is 22.6 Å². The Labute approximate surface area is 206 Å². The second-order valence-corrected chi connectivity index (χ2v) is 7.76. The van der Waals surface area contributed by atoms with Gasteiger partial charge in [0.25, 0.3) is 6.43 Å². The Morgan fingerprint density at radius 1 is 1.06 bits per heavy atom. The van der Waals surface area contributed by atoms with E-state index in [0.717, 1.165) is 23.1 Å². The van der Waals surface area contributed by atoms with E-state index in [1.54, 1.807) is 49.1 Å². The number of carbonyl (C=O) groups excluding carboxylic acids is 1. The summed E-state index contributed by atoms with van der Waals surface area (Å²) in [6, 6.07) is 8.23. The van der Waals surface area contributed by atoms with Crippen molar-refractivity contribution in [2.45, 2.75) is 53.9 Å². The highest BCUT2D eigenvalue weighted by Crippen LogP contribution is 2.31. The minimum absolute atomic E-state index is 0.0386. The zero-order valence-electron chi connectivity index (χ0n) is 20.8. The summed E-state index contributed by atoms with van der Waals surface area (Å²) in [5.74, 6) is 0.0337. The average molecular weight is 479 g/mol. The molecule has 1 amide bonds. The smallest absolute Gasteiger partial charge is 0.264 e. The first kappa shape index (κ1) is 27.5. The Morgan fingerprint density at radius 2 is 1.83 bits per heavy atom. The molecule has 184 valence electrons. The van der Waals surface area contributed by atoms with E-state index in [1.807, 2.05) is 46.8 Å². The number of hydrogen-bond acceptors (Lipinski definition) is 4. The minimum atomic E-state index is -2.65. The van der Waals surface area contributed by atoms with Crippen LogP contribution in [0.5, 0.6) is 0 Å². The number of nitrogens with zero attached hydrogens (tertiary/aromatic N) is 3. The zero-order chi connectivity index (χ0) is 25.8. The van der Waals surface area contributed by atoms with Crippen molar-refractivity contribution in [2.75, 3.05) is 5.32 Å². The number of benzene rings is 1. The molecule has 0 unspecified atom stereocenters. The van der Waals surface area contributed by atoms with Gasteiger partial charge in [0.1, 0.15) is 5.82 Å². The molecular formula is C28H32F2N4O. The molecule has 0 bridgehead atoms. The van der Waals surface area contributed by atoms with Crippen LogP contribution in [0.1, 0.15) is 64.2 Å². The highest BCUT2D eigenvalue weighted by Gasteiger charge is 2.17. The van der Waals surface area contributed by atoms with Gasteiger partial charge in [-0.25, -0.2) is 13.8 Å². The number of hydrogen-bond donors (Lipinski definition) is 1. The fraction of sp³-hybridized carbons (Fsp3) is 0.286. The Kier molecular flexibility index (Phi) is 10.9. The molecule has 1 N–H and O–H groups in total. The van der Waals surface area contributed by atoms with E-state index in [4.69, 9.17) is 0 Å². The maximum Gasteiger partial charge on any atom is 0.264 e. The molecule has 2 aromatic heterocycles. The molecule has 1 aromatic carbocycles. The van der Waals surface area contributed by atoms with Gasteiger partial charge in [0, 0.05) is 29.7 Å². The van der Waals surface area contributed by atoms with Crippen LogP contribution in [0.4, 0.5) is 14.6 Å². The molecule has 35 heavy (non-hydrogen) atoms. The SMILES string of the molecule is CC.CC/C=C(\C=C(C)C)c1ccc(CC(=O)Nc2ccc(-c3cnccn3)cn2)cc1C(F)F. The van der Waals surface area contributed by atoms with E-state index in [2.05, 4.69) is 20.3 Å². The maximum atomic E-state index is 13.8. The number of allylic oxidation sites excluding steroid dienone is 4. The second kappa shape index (κ2) is 13.8. The lowest BCUT2D eigenvalue weighted by Crippen LogP contribution is -2.15. The van der Waals surface area contributed by atoms with E-state index in [9.17, 15) is 13.6 Å². The van der Waals surface area contributed by atoms with Gasteiger partial charge in [-0.05, 0) is 55.2 Å². The summed E-state index contributed by atoms with van der Waals surface area (Å²) in [4.78, 5) is 25.0. The Bertz CT molecular complexity index is 1150. The van der Waals surface area contributed by atoms with Crippen LogP contribution in [0.25, 0.3) is 16.8 Å². The van der Waals surface area contributed by atoms with Crippen molar-refractivity contribution in [1.82, 2.24) is 15.0 Å². The summed E-state index contributed by atoms with van der Waals surface area (Å²) < 4.78 is 27.7. The van der Waals surface area contributed by atoms with E-state index >= 15 is 0 Å². The molecule has 3 aromatic rings. The molecule has 7 heteroatoms. The van der Waals surface area contributed by atoms with Crippen molar-refractivity contribution in [3.63, 3.8) is 0 Å². The fourth-order valence-corrected chi connectivity index (χ4v) is 3.38. The van der Waals surface area contributed by atoms with Crippen LogP contribution >= 0.6 is 0 Å². The highest BCUT2D eigenvalue weighted by molar-refractivity contribution is 5.91. The van der Waals surface area contributed by atoms with Crippen molar-refractivity contribution in [3.8, 4) is 11.3 Å². The molecule has 2 heterocycles. The van der Waals surface area contributed by atoms with E-state index in [-0.39, 0.29) is 17.9 Å². The third-order valence-corrected chi connectivity index (χ3v) is 4.78. The minimum Gasteiger partial charge on any atom is -0.310 e. The van der Waals surface area contributed by atoms with Gasteiger partial charge in [-0.2, -0.15) is 0 Å². The maximum absolute atomic E-state index is 13.8. The number of alkyl halides is 2. The zero-order valence-corrected chi connectivity index (χ0v) is 20.8. The number of anilines is 1. The summed E-state index contributed by atoms with van der Waals surface area (Å²) in [6.45, 7) is 9.82. The quantitative estimate of drug-likeness (QED) is 0.342.